The molecular weight excluding hydrogens is 446 g/mol. The summed E-state index contributed by atoms with van der Waals surface area (Å²) < 4.78 is 36.2. The van der Waals surface area contributed by atoms with E-state index < -0.39 is 52.4 Å². The van der Waals surface area contributed by atoms with E-state index in [9.17, 15) is 24.4 Å². The molecule has 29 heavy (non-hydrogen) atoms. The van der Waals surface area contributed by atoms with Gasteiger partial charge in [-0.1, -0.05) is 0 Å². The molecule has 1 unspecified atom stereocenters. The maximum absolute atomic E-state index is 11.1. The Balaban J connectivity index is 1.89. The van der Waals surface area contributed by atoms with E-state index in [1.807, 2.05) is 0 Å². The minimum atomic E-state index is -5.33. The van der Waals surface area contributed by atoms with Crippen LogP contribution in [-0.2, 0) is 28.0 Å². The van der Waals surface area contributed by atoms with Crippen LogP contribution in [0.5, 0.6) is 5.88 Å². The molecule has 2 aromatic rings. The monoisotopic (exact) mass is 460 g/mol. The molecule has 7 N–H and O–H groups in total. The smallest absolute Gasteiger partial charge is 0.492 e. The van der Waals surface area contributed by atoms with Gasteiger partial charge in [0.25, 0.3) is 0 Å². The number of aromatic hydroxyl groups is 1. The number of rotatable bonds is 7. The van der Waals surface area contributed by atoms with Gasteiger partial charge in [-0.15, -0.1) is 4.67 Å². The number of fused-ring (bicyclic) bond motifs is 1. The predicted molar refractivity (Wildman–Crippen MR) is 84.0 cm³/mol. The van der Waals surface area contributed by atoms with Crippen LogP contribution in [0, 0.1) is 0 Å². The number of imidazole rings is 1. The van der Waals surface area contributed by atoms with Crippen molar-refractivity contribution in [1.29, 1.82) is 0 Å². The van der Waals surface area contributed by atoms with Gasteiger partial charge in [0, 0.05) is 0 Å². The molecule has 1 saturated heterocycles. The molecule has 0 saturated carbocycles. The zero-order valence-electron chi connectivity index (χ0n) is 13.8. The molecule has 2 aromatic heterocycles. The van der Waals surface area contributed by atoms with Crippen molar-refractivity contribution < 1.29 is 62.8 Å². The third-order valence-corrected chi connectivity index (χ3v) is 4.40. The number of ether oxygens (including phenoxy) is 1. The number of nitrogens with zero attached hydrogens (tertiary/aromatic N) is 4. The Morgan fingerprint density at radius 3 is 2.38 bits per heavy atom. The topological polar surface area (TPSA) is 256 Å². The van der Waals surface area contributed by atoms with Gasteiger partial charge in [0.15, 0.2) is 17.4 Å². The van der Waals surface area contributed by atoms with Crippen molar-refractivity contribution in [1.82, 2.24) is 19.5 Å². The molecule has 0 amide bonds. The fourth-order valence-electron chi connectivity index (χ4n) is 2.53. The van der Waals surface area contributed by atoms with E-state index in [2.05, 4.69) is 29.0 Å². The van der Waals surface area contributed by atoms with Crippen LogP contribution >= 0.6 is 15.6 Å². The second-order valence-electron chi connectivity index (χ2n) is 5.62. The van der Waals surface area contributed by atoms with E-state index in [4.69, 9.17) is 24.3 Å². The van der Waals surface area contributed by atoms with Crippen LogP contribution in [0.3, 0.4) is 0 Å². The largest absolute Gasteiger partial charge is 0.496 e. The number of phosphoric ester groups is 1. The Hall–Kier alpha value is -1.59. The third-order valence-electron chi connectivity index (χ3n) is 3.63. The van der Waals surface area contributed by atoms with Crippen LogP contribution in [0.4, 0.5) is 0 Å². The molecule has 5 atom stereocenters. The minimum Gasteiger partial charge on any atom is -0.492 e. The summed E-state index contributed by atoms with van der Waals surface area (Å²) >= 11 is 0. The zero-order chi connectivity index (χ0) is 21.6. The molecule has 1 aliphatic heterocycles. The van der Waals surface area contributed by atoms with Gasteiger partial charge in [-0.25, -0.2) is 19.1 Å². The van der Waals surface area contributed by atoms with Gasteiger partial charge in [-0.3, -0.25) is 9.09 Å². The Kier molecular flexibility index (Phi) is 6.03. The Labute approximate surface area is 159 Å². The molecule has 3 rings (SSSR count). The molecule has 0 spiro atoms. The van der Waals surface area contributed by atoms with Crippen molar-refractivity contribution in [3.63, 3.8) is 0 Å². The van der Waals surface area contributed by atoms with Crippen molar-refractivity contribution in [2.24, 2.45) is 0 Å². The molecule has 162 valence electrons. The van der Waals surface area contributed by atoms with Crippen LogP contribution in [0.15, 0.2) is 12.7 Å². The molecule has 17 nitrogen and oxygen atoms in total. The Bertz CT molecular complexity index is 974. The summed E-state index contributed by atoms with van der Waals surface area (Å²) in [6.45, 7) is 0. The van der Waals surface area contributed by atoms with Gasteiger partial charge < -0.3 is 39.6 Å². The van der Waals surface area contributed by atoms with Crippen LogP contribution in [0.25, 0.3) is 11.2 Å². The second kappa shape index (κ2) is 7.92. The van der Waals surface area contributed by atoms with Crippen LogP contribution in [0.2, 0.25) is 0 Å². The molecule has 0 aromatic carbocycles. The number of aliphatic hydroxyl groups is 2. The summed E-state index contributed by atoms with van der Waals surface area (Å²) in [6.07, 6.45) is -7.45. The van der Waals surface area contributed by atoms with E-state index in [0.29, 0.717) is 0 Å². The maximum atomic E-state index is 11.1. The van der Waals surface area contributed by atoms with Crippen LogP contribution in [0.1, 0.15) is 6.23 Å². The zero-order valence-corrected chi connectivity index (χ0v) is 15.6. The highest BCUT2D eigenvalue weighted by Gasteiger charge is 2.51. The van der Waals surface area contributed by atoms with Gasteiger partial charge in [-0.2, -0.15) is 9.87 Å². The SMILES string of the molecule is O=P(O)(O)OOC(OP(=O)(O)O)[C@H]1O[C@@H](n2cnc3c(O)ncnc32)[C@H](O)[C@@H]1O. The summed E-state index contributed by atoms with van der Waals surface area (Å²) in [5, 5.41) is 30.1. The van der Waals surface area contributed by atoms with Gasteiger partial charge in [0.2, 0.25) is 12.2 Å². The van der Waals surface area contributed by atoms with Crippen LogP contribution in [-0.4, -0.2) is 79.0 Å². The quantitative estimate of drug-likeness (QED) is 0.0985. The maximum Gasteiger partial charge on any atom is 0.496 e. The summed E-state index contributed by atoms with van der Waals surface area (Å²) in [4.78, 5) is 50.6. The number of phosphoric acid groups is 2. The van der Waals surface area contributed by atoms with E-state index in [0.717, 1.165) is 17.2 Å². The average molecular weight is 460 g/mol. The summed E-state index contributed by atoms with van der Waals surface area (Å²) in [6, 6.07) is 0. The summed E-state index contributed by atoms with van der Waals surface area (Å²) in [5.74, 6) is -0.487. The van der Waals surface area contributed by atoms with Crippen molar-refractivity contribution in [3.05, 3.63) is 12.7 Å². The lowest BCUT2D eigenvalue weighted by atomic mass is 10.1. The lowest BCUT2D eigenvalue weighted by Crippen LogP contribution is -2.41. The standard InChI is InChI=1S/C10H14N4O13P2/c15-4-5(16)9(14-2-13-3-7(14)11-1-12-8(3)17)24-6(4)10(26-28(18,19)20)25-27-29(21,22)23/h1-2,4-6,9-10,15-16H,(H,11,12,17)(H2,18,19,20)(H2,21,22,23)/t4-,5+,6-,9+,10?/m0/s1. The first-order valence-electron chi connectivity index (χ1n) is 7.40. The molecular formula is C10H14N4O13P2. The fraction of sp³-hybridized carbons (Fsp3) is 0.500. The second-order valence-corrected chi connectivity index (χ2v) is 7.94. The average Bonchev–Trinajstić information content (AvgIpc) is 3.13. The van der Waals surface area contributed by atoms with Crippen molar-refractivity contribution in [2.45, 2.75) is 30.8 Å². The highest BCUT2D eigenvalue weighted by Crippen LogP contribution is 2.44. The van der Waals surface area contributed by atoms with Gasteiger partial charge >= 0.3 is 15.6 Å². The molecule has 1 aliphatic rings. The minimum absolute atomic E-state index is 0.0331. The third kappa shape index (κ3) is 4.95. The van der Waals surface area contributed by atoms with Gasteiger partial charge in [0.05, 0.1) is 6.33 Å². The molecule has 1 fully saturated rings. The fourth-order valence-corrected chi connectivity index (χ4v) is 3.15. The summed E-state index contributed by atoms with van der Waals surface area (Å²) in [5.41, 5.74) is -0.111. The highest BCUT2D eigenvalue weighted by atomic mass is 31.2. The van der Waals surface area contributed by atoms with Gasteiger partial charge in [0.1, 0.15) is 24.6 Å². The molecule has 0 aliphatic carbocycles. The lowest BCUT2D eigenvalue weighted by Gasteiger charge is -2.24. The van der Waals surface area contributed by atoms with Crippen molar-refractivity contribution >= 4 is 26.8 Å². The summed E-state index contributed by atoms with van der Waals surface area (Å²) in [7, 11) is -10.6. The molecule has 0 radical (unpaired) electrons. The number of aromatic nitrogens is 4. The Morgan fingerprint density at radius 1 is 1.07 bits per heavy atom. The lowest BCUT2D eigenvalue weighted by molar-refractivity contribution is -0.338. The van der Waals surface area contributed by atoms with Crippen molar-refractivity contribution in [2.75, 3.05) is 0 Å². The molecule has 19 heteroatoms. The Morgan fingerprint density at radius 2 is 1.76 bits per heavy atom. The first kappa shape index (κ1) is 22.1. The predicted octanol–water partition coefficient (Wildman–Crippen LogP) is -2.37. The number of hydrogen-bond acceptors (Lipinski definition) is 12. The highest BCUT2D eigenvalue weighted by molar-refractivity contribution is 7.46. The first-order valence-corrected chi connectivity index (χ1v) is 10.5. The molecule has 0 bridgehead atoms. The van der Waals surface area contributed by atoms with E-state index in [1.165, 1.54) is 0 Å². The molecule has 3 heterocycles. The first-order chi connectivity index (χ1) is 13.4. The van der Waals surface area contributed by atoms with E-state index in [-0.39, 0.29) is 11.2 Å². The number of aliphatic hydroxyl groups excluding tert-OH is 2. The van der Waals surface area contributed by atoms with Gasteiger partial charge in [-0.05, 0) is 0 Å². The van der Waals surface area contributed by atoms with Crippen molar-refractivity contribution in [3.8, 4) is 5.88 Å². The van der Waals surface area contributed by atoms with E-state index in [1.54, 1.807) is 0 Å². The van der Waals surface area contributed by atoms with E-state index >= 15 is 0 Å². The number of hydrogen-bond donors (Lipinski definition) is 7. The van der Waals surface area contributed by atoms with Crippen LogP contribution < -0.4 is 0 Å². The normalized spacial score (nSPS) is 26.8.